The smallest absolute Gasteiger partial charge is 0.320 e. The Morgan fingerprint density at radius 3 is 2.31 bits per heavy atom. The molecule has 1 rings (SSSR count). The third-order valence-corrected chi connectivity index (χ3v) is 1.81. The van der Waals surface area contributed by atoms with Crippen LogP contribution in [0.3, 0.4) is 0 Å². The minimum Gasteiger partial charge on any atom is -0.504 e. The molecule has 0 bridgehead atoms. The van der Waals surface area contributed by atoms with Crippen LogP contribution in [0.4, 0.5) is 0 Å². The predicted molar refractivity (Wildman–Crippen MR) is 56.2 cm³/mol. The van der Waals surface area contributed by atoms with E-state index in [1.807, 2.05) is 6.79 Å². The molecule has 1 unspecified atom stereocenters. The number of carbonyl (C=O) groups is 2. The van der Waals surface area contributed by atoms with Crippen molar-refractivity contribution in [2.24, 2.45) is 5.73 Å². The van der Waals surface area contributed by atoms with Crippen LogP contribution in [0.5, 0.6) is 11.5 Å². The van der Waals surface area contributed by atoms with E-state index in [9.17, 15) is 4.79 Å². The number of carboxylic acid groups (broad SMARTS) is 1. The molecule has 5 N–H and O–H groups in total. The van der Waals surface area contributed by atoms with Crippen molar-refractivity contribution in [1.82, 2.24) is 0 Å². The maximum Gasteiger partial charge on any atom is 0.320 e. The second-order valence-corrected chi connectivity index (χ2v) is 2.97. The number of carbonyl (C=O) groups excluding carboxylic acids is 1. The van der Waals surface area contributed by atoms with E-state index >= 15 is 0 Å². The van der Waals surface area contributed by atoms with E-state index in [1.165, 1.54) is 18.2 Å². The van der Waals surface area contributed by atoms with Gasteiger partial charge in [0, 0.05) is 0 Å². The van der Waals surface area contributed by atoms with E-state index in [0.717, 1.165) is 0 Å². The molecule has 0 aliphatic carbocycles. The summed E-state index contributed by atoms with van der Waals surface area (Å²) in [5.74, 6) is -1.62. The summed E-state index contributed by atoms with van der Waals surface area (Å²) in [6.45, 7) is 2.00. The van der Waals surface area contributed by atoms with Crippen molar-refractivity contribution in [3.63, 3.8) is 0 Å². The van der Waals surface area contributed by atoms with Crippen LogP contribution in [0.2, 0.25) is 0 Å². The number of aliphatic carboxylic acids is 1. The molecule has 6 nitrogen and oxygen atoms in total. The highest BCUT2D eigenvalue weighted by Gasteiger charge is 2.12. The Morgan fingerprint density at radius 1 is 1.31 bits per heavy atom. The van der Waals surface area contributed by atoms with Crippen molar-refractivity contribution in [2.75, 3.05) is 0 Å². The van der Waals surface area contributed by atoms with Gasteiger partial charge in [-0.3, -0.25) is 4.79 Å². The van der Waals surface area contributed by atoms with Gasteiger partial charge in [-0.05, 0) is 24.1 Å². The van der Waals surface area contributed by atoms with Gasteiger partial charge in [0.25, 0.3) is 0 Å². The lowest BCUT2D eigenvalue weighted by atomic mass is 10.1. The molecular formula is C10H13NO5. The second kappa shape index (κ2) is 6.41. The molecule has 1 aromatic carbocycles. The highest BCUT2D eigenvalue weighted by Crippen LogP contribution is 2.25. The fraction of sp³-hybridized carbons (Fsp3) is 0.200. The molecule has 1 aromatic rings. The molecule has 88 valence electrons. The van der Waals surface area contributed by atoms with Crippen LogP contribution >= 0.6 is 0 Å². The highest BCUT2D eigenvalue weighted by atomic mass is 16.4. The van der Waals surface area contributed by atoms with Gasteiger partial charge in [-0.15, -0.1) is 0 Å². The van der Waals surface area contributed by atoms with E-state index in [4.69, 9.17) is 25.8 Å². The third kappa shape index (κ3) is 3.97. The van der Waals surface area contributed by atoms with Crippen LogP contribution in [-0.4, -0.2) is 34.1 Å². The number of aromatic hydroxyl groups is 2. The van der Waals surface area contributed by atoms with Gasteiger partial charge in [-0.1, -0.05) is 6.07 Å². The van der Waals surface area contributed by atoms with Gasteiger partial charge >= 0.3 is 5.97 Å². The van der Waals surface area contributed by atoms with Crippen LogP contribution in [0, 0.1) is 0 Å². The largest absolute Gasteiger partial charge is 0.504 e. The summed E-state index contributed by atoms with van der Waals surface area (Å²) in [6, 6.07) is 3.09. The topological polar surface area (TPSA) is 121 Å². The number of nitrogens with two attached hydrogens (primary N) is 1. The van der Waals surface area contributed by atoms with Crippen LogP contribution in [0.1, 0.15) is 5.56 Å². The molecule has 0 saturated carbocycles. The van der Waals surface area contributed by atoms with Crippen LogP contribution < -0.4 is 5.73 Å². The second-order valence-electron chi connectivity index (χ2n) is 2.97. The maximum atomic E-state index is 10.4. The fourth-order valence-corrected chi connectivity index (χ4v) is 1.04. The zero-order valence-electron chi connectivity index (χ0n) is 8.46. The molecule has 0 heterocycles. The van der Waals surface area contributed by atoms with E-state index < -0.39 is 12.0 Å². The fourth-order valence-electron chi connectivity index (χ4n) is 1.04. The Bertz CT molecular complexity index is 366. The van der Waals surface area contributed by atoms with Gasteiger partial charge in [-0.25, -0.2) is 0 Å². The number of benzene rings is 1. The Hall–Kier alpha value is -2.08. The summed E-state index contributed by atoms with van der Waals surface area (Å²) in [5.41, 5.74) is 5.86. The normalized spacial score (nSPS) is 11.1. The Morgan fingerprint density at radius 2 is 1.88 bits per heavy atom. The molecule has 0 aromatic heterocycles. The summed E-state index contributed by atoms with van der Waals surface area (Å²) in [7, 11) is 0. The number of phenolic OH excluding ortho intramolecular Hbond substituents is 2. The first-order valence-electron chi connectivity index (χ1n) is 4.29. The predicted octanol–water partition coefficient (Wildman–Crippen LogP) is -0.133. The monoisotopic (exact) mass is 227 g/mol. The minimum absolute atomic E-state index is 0.114. The van der Waals surface area contributed by atoms with E-state index in [2.05, 4.69) is 0 Å². The third-order valence-electron chi connectivity index (χ3n) is 1.81. The molecule has 0 amide bonds. The average Bonchev–Trinajstić information content (AvgIpc) is 2.26. The van der Waals surface area contributed by atoms with Crippen LogP contribution in [0.25, 0.3) is 0 Å². The first-order valence-corrected chi connectivity index (χ1v) is 4.29. The summed E-state index contributed by atoms with van der Waals surface area (Å²) in [6.07, 6.45) is 0.114. The summed E-state index contributed by atoms with van der Waals surface area (Å²) in [4.78, 5) is 18.4. The summed E-state index contributed by atoms with van der Waals surface area (Å²) in [5, 5.41) is 26.6. The number of hydrogen-bond donors (Lipinski definition) is 4. The molecule has 6 heteroatoms. The van der Waals surface area contributed by atoms with E-state index in [-0.39, 0.29) is 17.9 Å². The van der Waals surface area contributed by atoms with Gasteiger partial charge in [0.1, 0.15) is 12.8 Å². The lowest BCUT2D eigenvalue weighted by Crippen LogP contribution is -2.32. The van der Waals surface area contributed by atoms with Crippen molar-refractivity contribution in [2.45, 2.75) is 12.5 Å². The van der Waals surface area contributed by atoms with Crippen molar-refractivity contribution in [3.8, 4) is 11.5 Å². The van der Waals surface area contributed by atoms with Crippen molar-refractivity contribution in [3.05, 3.63) is 23.8 Å². The van der Waals surface area contributed by atoms with Crippen LogP contribution in [-0.2, 0) is 16.0 Å². The highest BCUT2D eigenvalue weighted by molar-refractivity contribution is 5.73. The number of rotatable bonds is 3. The average molecular weight is 227 g/mol. The van der Waals surface area contributed by atoms with Crippen molar-refractivity contribution < 1.29 is 24.9 Å². The van der Waals surface area contributed by atoms with E-state index in [1.54, 1.807) is 0 Å². The quantitative estimate of drug-likeness (QED) is 0.533. The van der Waals surface area contributed by atoms with Crippen LogP contribution in [0.15, 0.2) is 18.2 Å². The molecule has 0 spiro atoms. The SMILES string of the molecule is C=O.NC(Cc1ccc(O)c(O)c1)C(=O)O. The number of phenols is 2. The molecule has 0 aliphatic rings. The van der Waals surface area contributed by atoms with E-state index in [0.29, 0.717) is 5.56 Å². The first kappa shape index (κ1) is 13.9. The summed E-state index contributed by atoms with van der Waals surface area (Å²) >= 11 is 0. The minimum atomic E-state index is -1.10. The number of carboxylic acids is 1. The zero-order chi connectivity index (χ0) is 12.7. The Labute approximate surface area is 91.9 Å². The van der Waals surface area contributed by atoms with Gasteiger partial charge in [0.2, 0.25) is 0 Å². The standard InChI is InChI=1S/C9H11NO4.CH2O/c10-6(9(13)14)3-5-1-2-7(11)8(12)4-5;1-2/h1-2,4,6,11-12H,3,10H2,(H,13,14);1H2. The van der Waals surface area contributed by atoms with Crippen molar-refractivity contribution >= 4 is 12.8 Å². The molecule has 0 radical (unpaired) electrons. The molecule has 1 atom stereocenters. The lowest BCUT2D eigenvalue weighted by molar-refractivity contribution is -0.138. The molecule has 0 saturated heterocycles. The Balaban J connectivity index is 0.00000106. The van der Waals surface area contributed by atoms with Gasteiger partial charge in [-0.2, -0.15) is 0 Å². The molecule has 0 aliphatic heterocycles. The first-order chi connectivity index (χ1) is 7.50. The maximum absolute atomic E-state index is 10.4. The molecule has 0 fully saturated rings. The zero-order valence-corrected chi connectivity index (χ0v) is 8.46. The molecular weight excluding hydrogens is 214 g/mol. The van der Waals surface area contributed by atoms with Gasteiger partial charge in [0.05, 0.1) is 0 Å². The van der Waals surface area contributed by atoms with Gasteiger partial charge in [0.15, 0.2) is 11.5 Å². The van der Waals surface area contributed by atoms with Crippen molar-refractivity contribution in [1.29, 1.82) is 0 Å². The Kier molecular flexibility index (Phi) is 5.58. The number of hydrogen-bond acceptors (Lipinski definition) is 5. The summed E-state index contributed by atoms with van der Waals surface area (Å²) < 4.78 is 0. The van der Waals surface area contributed by atoms with Gasteiger partial charge < -0.3 is 25.8 Å². The lowest BCUT2D eigenvalue weighted by Gasteiger charge is -2.06. The molecule has 16 heavy (non-hydrogen) atoms.